The molecule has 0 bridgehead atoms. The molecule has 0 saturated carbocycles. The zero-order chi connectivity index (χ0) is 18.2. The molecule has 1 aromatic carbocycles. The molecule has 1 unspecified atom stereocenters. The first-order valence-electron chi connectivity index (χ1n) is 7.69. The third-order valence-electron chi connectivity index (χ3n) is 3.95. The highest BCUT2D eigenvalue weighted by Gasteiger charge is 2.46. The molecule has 1 aliphatic heterocycles. The van der Waals surface area contributed by atoms with E-state index in [0.717, 1.165) is 11.1 Å². The standard InChI is InChI=1S/C17H19N3O4S/c1-11-20-25(21,22)15(17(2,3)24-11)13-7-5-12(6-8-13)14-9-18-16(23-4)19-10-14/h5-10,15H,1-4H3. The van der Waals surface area contributed by atoms with E-state index < -0.39 is 20.9 Å². The summed E-state index contributed by atoms with van der Waals surface area (Å²) in [5, 5.41) is -0.870. The first kappa shape index (κ1) is 17.3. The van der Waals surface area contributed by atoms with E-state index in [9.17, 15) is 8.42 Å². The Morgan fingerprint density at radius 1 is 1.08 bits per heavy atom. The fourth-order valence-electron chi connectivity index (χ4n) is 3.04. The third kappa shape index (κ3) is 3.34. The highest BCUT2D eigenvalue weighted by atomic mass is 32.2. The van der Waals surface area contributed by atoms with Crippen molar-refractivity contribution in [2.45, 2.75) is 31.6 Å². The van der Waals surface area contributed by atoms with Crippen LogP contribution in [0.25, 0.3) is 11.1 Å². The SMILES string of the molecule is COc1ncc(-c2ccc(C3C(C)(C)OC(C)=NS3(=O)=O)cc2)cn1. The fraction of sp³-hybridized carbons (Fsp3) is 0.353. The highest BCUT2D eigenvalue weighted by Crippen LogP contribution is 2.40. The Hall–Kier alpha value is -2.48. The largest absolute Gasteiger partial charge is 0.473 e. The summed E-state index contributed by atoms with van der Waals surface area (Å²) in [7, 11) is -2.20. The maximum Gasteiger partial charge on any atom is 0.316 e. The van der Waals surface area contributed by atoms with Crippen LogP contribution >= 0.6 is 0 Å². The summed E-state index contributed by atoms with van der Waals surface area (Å²) in [6, 6.07) is 7.49. The van der Waals surface area contributed by atoms with Gasteiger partial charge in [0.1, 0.15) is 10.9 Å². The predicted molar refractivity (Wildman–Crippen MR) is 94.0 cm³/mol. The maximum absolute atomic E-state index is 12.5. The van der Waals surface area contributed by atoms with Crippen LogP contribution in [0.1, 0.15) is 31.6 Å². The van der Waals surface area contributed by atoms with Crippen molar-refractivity contribution < 1.29 is 17.9 Å². The summed E-state index contributed by atoms with van der Waals surface area (Å²) in [5.74, 6) is 0.160. The second kappa shape index (κ2) is 6.11. The lowest BCUT2D eigenvalue weighted by Crippen LogP contribution is -2.42. The van der Waals surface area contributed by atoms with Crippen LogP contribution in [0.15, 0.2) is 41.1 Å². The molecule has 0 spiro atoms. The van der Waals surface area contributed by atoms with Gasteiger partial charge in [0.05, 0.1) is 7.11 Å². The number of hydrogen-bond acceptors (Lipinski definition) is 6. The highest BCUT2D eigenvalue weighted by molar-refractivity contribution is 7.90. The molecular weight excluding hydrogens is 342 g/mol. The van der Waals surface area contributed by atoms with E-state index in [-0.39, 0.29) is 5.90 Å². The molecule has 132 valence electrons. The molecule has 0 N–H and O–H groups in total. The average Bonchev–Trinajstić information content (AvgIpc) is 2.53. The molecule has 1 aromatic heterocycles. The van der Waals surface area contributed by atoms with Crippen LogP contribution in [0, 0.1) is 0 Å². The quantitative estimate of drug-likeness (QED) is 0.835. The van der Waals surface area contributed by atoms with Crippen LogP contribution < -0.4 is 4.74 Å². The van der Waals surface area contributed by atoms with Crippen LogP contribution in [0.5, 0.6) is 6.01 Å². The average molecular weight is 361 g/mol. The van der Waals surface area contributed by atoms with Gasteiger partial charge in [0.2, 0.25) is 0 Å². The van der Waals surface area contributed by atoms with Gasteiger partial charge in [-0.25, -0.2) is 18.4 Å². The fourth-order valence-corrected chi connectivity index (χ4v) is 4.81. The van der Waals surface area contributed by atoms with Gasteiger partial charge in [0.15, 0.2) is 5.90 Å². The monoisotopic (exact) mass is 361 g/mol. The summed E-state index contributed by atoms with van der Waals surface area (Å²) in [5.41, 5.74) is 1.40. The minimum Gasteiger partial charge on any atom is -0.473 e. The van der Waals surface area contributed by atoms with Gasteiger partial charge in [-0.2, -0.15) is 0 Å². The minimum atomic E-state index is -3.70. The van der Waals surface area contributed by atoms with Gasteiger partial charge in [0.25, 0.3) is 10.0 Å². The van der Waals surface area contributed by atoms with Crippen molar-refractivity contribution in [3.8, 4) is 17.1 Å². The van der Waals surface area contributed by atoms with Gasteiger partial charge in [-0.05, 0) is 25.0 Å². The number of ether oxygens (including phenoxy) is 2. The van der Waals surface area contributed by atoms with E-state index in [1.165, 1.54) is 7.11 Å². The summed E-state index contributed by atoms with van der Waals surface area (Å²) < 4.78 is 39.4. The Morgan fingerprint density at radius 3 is 2.20 bits per heavy atom. The Bertz CT molecular complexity index is 904. The lowest BCUT2D eigenvalue weighted by Gasteiger charge is -2.36. The van der Waals surface area contributed by atoms with Crippen molar-refractivity contribution in [2.24, 2.45) is 4.40 Å². The number of hydrogen-bond donors (Lipinski definition) is 0. The smallest absolute Gasteiger partial charge is 0.316 e. The molecule has 0 saturated heterocycles. The molecule has 1 aliphatic rings. The first-order valence-corrected chi connectivity index (χ1v) is 9.19. The number of rotatable bonds is 3. The molecule has 2 aromatic rings. The summed E-state index contributed by atoms with van der Waals surface area (Å²) >= 11 is 0. The molecule has 8 heteroatoms. The van der Waals surface area contributed by atoms with Gasteiger partial charge in [-0.15, -0.1) is 4.40 Å². The van der Waals surface area contributed by atoms with E-state index in [0.29, 0.717) is 11.6 Å². The van der Waals surface area contributed by atoms with Crippen molar-refractivity contribution in [1.29, 1.82) is 0 Å². The topological polar surface area (TPSA) is 90.7 Å². The molecule has 0 aliphatic carbocycles. The molecule has 0 radical (unpaired) electrons. The predicted octanol–water partition coefficient (Wildman–Crippen LogP) is 2.75. The van der Waals surface area contributed by atoms with E-state index in [2.05, 4.69) is 14.4 Å². The van der Waals surface area contributed by atoms with Crippen molar-refractivity contribution in [3.63, 3.8) is 0 Å². The molecule has 0 amide bonds. The lowest BCUT2D eigenvalue weighted by molar-refractivity contribution is 0.0839. The van der Waals surface area contributed by atoms with Gasteiger partial charge in [0, 0.05) is 24.9 Å². The van der Waals surface area contributed by atoms with E-state index >= 15 is 0 Å². The van der Waals surface area contributed by atoms with Crippen LogP contribution in [0.4, 0.5) is 0 Å². The van der Waals surface area contributed by atoms with Crippen LogP contribution in [-0.2, 0) is 14.8 Å². The van der Waals surface area contributed by atoms with Crippen molar-refractivity contribution >= 4 is 15.9 Å². The summed E-state index contributed by atoms with van der Waals surface area (Å²) in [4.78, 5) is 8.15. The molecule has 0 fully saturated rings. The Morgan fingerprint density at radius 2 is 1.68 bits per heavy atom. The molecule has 1 atom stereocenters. The molecule has 7 nitrogen and oxygen atoms in total. The number of sulfonamides is 1. The molecule has 25 heavy (non-hydrogen) atoms. The number of methoxy groups -OCH3 is 1. The number of nitrogens with zero attached hydrogens (tertiary/aromatic N) is 3. The Kier molecular flexibility index (Phi) is 4.24. The van der Waals surface area contributed by atoms with Gasteiger partial charge < -0.3 is 9.47 Å². The second-order valence-electron chi connectivity index (χ2n) is 6.29. The lowest BCUT2D eigenvalue weighted by atomic mass is 9.96. The minimum absolute atomic E-state index is 0.160. The van der Waals surface area contributed by atoms with Crippen LogP contribution in [-0.4, -0.2) is 37.0 Å². The van der Waals surface area contributed by atoms with Crippen LogP contribution in [0.3, 0.4) is 0 Å². The summed E-state index contributed by atoms with van der Waals surface area (Å²) in [6.45, 7) is 5.04. The zero-order valence-corrected chi connectivity index (χ0v) is 15.2. The van der Waals surface area contributed by atoms with E-state index in [4.69, 9.17) is 9.47 Å². The van der Waals surface area contributed by atoms with Gasteiger partial charge in [-0.3, -0.25) is 0 Å². The number of aromatic nitrogens is 2. The van der Waals surface area contributed by atoms with Crippen molar-refractivity contribution in [1.82, 2.24) is 9.97 Å². The normalized spacial score (nSPS) is 21.1. The molecule has 2 heterocycles. The third-order valence-corrected chi connectivity index (χ3v) is 5.90. The van der Waals surface area contributed by atoms with Crippen molar-refractivity contribution in [2.75, 3.05) is 7.11 Å². The van der Waals surface area contributed by atoms with Crippen LogP contribution in [0.2, 0.25) is 0 Å². The van der Waals surface area contributed by atoms with E-state index in [1.807, 2.05) is 12.1 Å². The number of benzene rings is 1. The first-order chi connectivity index (χ1) is 11.7. The maximum atomic E-state index is 12.5. The van der Waals surface area contributed by atoms with Crippen molar-refractivity contribution in [3.05, 3.63) is 42.2 Å². The van der Waals surface area contributed by atoms with E-state index in [1.54, 1.807) is 45.3 Å². The zero-order valence-electron chi connectivity index (χ0n) is 14.4. The van der Waals surface area contributed by atoms with Gasteiger partial charge >= 0.3 is 6.01 Å². The Labute approximate surface area is 146 Å². The molecular formula is C17H19N3O4S. The Balaban J connectivity index is 1.96. The van der Waals surface area contributed by atoms with Gasteiger partial charge in [-0.1, -0.05) is 24.3 Å². The summed E-state index contributed by atoms with van der Waals surface area (Å²) in [6.07, 6.45) is 3.30. The second-order valence-corrected chi connectivity index (χ2v) is 7.98. The molecule has 3 rings (SSSR count).